The van der Waals surface area contributed by atoms with Crippen LogP contribution in [-0.2, 0) is 0 Å². The van der Waals surface area contributed by atoms with Gasteiger partial charge in [-0.1, -0.05) is 0 Å². The molecule has 1 saturated carbocycles. The molecule has 5 nitrogen and oxygen atoms in total. The molecule has 1 aliphatic carbocycles. The zero-order chi connectivity index (χ0) is 13.4. The highest BCUT2D eigenvalue weighted by Gasteiger charge is 2.32. The number of fused-ring (bicyclic) bond motifs is 1. The van der Waals surface area contributed by atoms with Crippen molar-refractivity contribution in [3.63, 3.8) is 0 Å². The molecule has 5 heteroatoms. The quantitative estimate of drug-likeness (QED) is 0.791. The Bertz CT molecular complexity index is 638. The van der Waals surface area contributed by atoms with Gasteiger partial charge in [-0.15, -0.1) is 0 Å². The van der Waals surface area contributed by atoms with Crippen LogP contribution in [0.3, 0.4) is 0 Å². The summed E-state index contributed by atoms with van der Waals surface area (Å²) in [5.74, 6) is 0.563. The number of aliphatic hydroxyl groups excluding tert-OH is 2. The number of hydrogen-bond acceptors (Lipinski definition) is 5. The third kappa shape index (κ3) is 2.47. The van der Waals surface area contributed by atoms with Gasteiger partial charge in [0.2, 0.25) is 0 Å². The molecule has 1 aliphatic rings. The number of rotatable bonds is 2. The van der Waals surface area contributed by atoms with E-state index in [1.807, 2.05) is 0 Å². The van der Waals surface area contributed by atoms with Crippen LogP contribution in [0.4, 0.5) is 0 Å². The molecule has 0 aliphatic heterocycles. The maximum Gasteiger partial charge on any atom is 0.336 e. The fourth-order valence-corrected chi connectivity index (χ4v) is 2.35. The Balaban J connectivity index is 1.83. The first kappa shape index (κ1) is 12.2. The van der Waals surface area contributed by atoms with E-state index >= 15 is 0 Å². The van der Waals surface area contributed by atoms with E-state index in [0.29, 0.717) is 24.2 Å². The van der Waals surface area contributed by atoms with Crippen LogP contribution in [0.1, 0.15) is 12.8 Å². The van der Waals surface area contributed by atoms with Crippen LogP contribution in [0, 0.1) is 0 Å². The van der Waals surface area contributed by atoms with Crippen molar-refractivity contribution in [3.05, 3.63) is 40.8 Å². The maximum atomic E-state index is 11.2. The second-order valence-corrected chi connectivity index (χ2v) is 4.80. The van der Waals surface area contributed by atoms with Crippen molar-refractivity contribution in [2.24, 2.45) is 0 Å². The predicted molar refractivity (Wildman–Crippen MR) is 68.1 cm³/mol. The lowest BCUT2D eigenvalue weighted by atomic mass is 10.2. The van der Waals surface area contributed by atoms with Gasteiger partial charge in [-0.05, 0) is 18.2 Å². The average Bonchev–Trinajstić information content (AvgIpc) is 2.67. The summed E-state index contributed by atoms with van der Waals surface area (Å²) in [4.78, 5) is 11.2. The fourth-order valence-electron chi connectivity index (χ4n) is 2.35. The van der Waals surface area contributed by atoms with Gasteiger partial charge in [0.05, 0.1) is 12.2 Å². The summed E-state index contributed by atoms with van der Waals surface area (Å²) in [6, 6.07) is 8.28. The second kappa shape index (κ2) is 4.68. The van der Waals surface area contributed by atoms with E-state index in [2.05, 4.69) is 0 Å². The van der Waals surface area contributed by atoms with E-state index in [9.17, 15) is 15.0 Å². The summed E-state index contributed by atoms with van der Waals surface area (Å²) in [6.45, 7) is 0. The van der Waals surface area contributed by atoms with Gasteiger partial charge in [0, 0.05) is 30.4 Å². The third-order valence-electron chi connectivity index (χ3n) is 3.35. The monoisotopic (exact) mass is 262 g/mol. The Morgan fingerprint density at radius 2 is 1.79 bits per heavy atom. The van der Waals surface area contributed by atoms with Crippen molar-refractivity contribution in [2.75, 3.05) is 0 Å². The minimum absolute atomic E-state index is 0.224. The molecule has 0 amide bonds. The zero-order valence-corrected chi connectivity index (χ0v) is 10.2. The molecule has 3 rings (SSSR count). The van der Waals surface area contributed by atoms with Crippen molar-refractivity contribution in [1.82, 2.24) is 0 Å². The van der Waals surface area contributed by atoms with Crippen molar-refractivity contribution < 1.29 is 19.4 Å². The molecular formula is C14H14O5. The van der Waals surface area contributed by atoms with Crippen LogP contribution < -0.4 is 10.4 Å². The highest BCUT2D eigenvalue weighted by molar-refractivity contribution is 5.77. The highest BCUT2D eigenvalue weighted by atomic mass is 16.5. The standard InChI is InChI=1S/C14H14O5/c15-11-5-10(6-12(11)16)18-9-3-1-8-2-4-14(17)19-13(8)7-9/h1-4,7,10-12,15-16H,5-6H2/t10-,11+,12-. The lowest BCUT2D eigenvalue weighted by Gasteiger charge is -2.13. The predicted octanol–water partition coefficient (Wildman–Crippen LogP) is 1.06. The Morgan fingerprint density at radius 3 is 2.53 bits per heavy atom. The molecule has 100 valence electrons. The van der Waals surface area contributed by atoms with Gasteiger partial charge in [0.25, 0.3) is 0 Å². The normalized spacial score (nSPS) is 26.7. The summed E-state index contributed by atoms with van der Waals surface area (Å²) < 4.78 is 10.8. The van der Waals surface area contributed by atoms with Gasteiger partial charge in [-0.2, -0.15) is 0 Å². The van der Waals surface area contributed by atoms with Gasteiger partial charge in [-0.3, -0.25) is 0 Å². The van der Waals surface area contributed by atoms with Gasteiger partial charge >= 0.3 is 5.63 Å². The third-order valence-corrected chi connectivity index (χ3v) is 3.35. The minimum atomic E-state index is -0.733. The molecule has 1 fully saturated rings. The molecule has 1 aromatic heterocycles. The van der Waals surface area contributed by atoms with E-state index in [1.165, 1.54) is 6.07 Å². The van der Waals surface area contributed by atoms with Crippen LogP contribution in [0.15, 0.2) is 39.5 Å². The molecule has 0 saturated heterocycles. The Hall–Kier alpha value is -1.85. The van der Waals surface area contributed by atoms with E-state index in [1.54, 1.807) is 24.3 Å². The van der Waals surface area contributed by atoms with Crippen LogP contribution in [0.2, 0.25) is 0 Å². The molecule has 1 heterocycles. The first-order chi connectivity index (χ1) is 9.11. The fraction of sp³-hybridized carbons (Fsp3) is 0.357. The molecule has 0 unspecified atom stereocenters. The summed E-state index contributed by atoms with van der Waals surface area (Å²) in [5.41, 5.74) is 0.0560. The second-order valence-electron chi connectivity index (χ2n) is 4.80. The lowest BCUT2D eigenvalue weighted by molar-refractivity contribution is 0.0438. The summed E-state index contributed by atoms with van der Waals surface area (Å²) in [6.07, 6.45) is -0.889. The first-order valence-electron chi connectivity index (χ1n) is 6.18. The first-order valence-corrected chi connectivity index (χ1v) is 6.18. The van der Waals surface area contributed by atoms with E-state index in [0.717, 1.165) is 5.39 Å². The van der Waals surface area contributed by atoms with Gasteiger partial charge in [0.15, 0.2) is 0 Å². The van der Waals surface area contributed by atoms with E-state index in [4.69, 9.17) is 9.15 Å². The van der Waals surface area contributed by atoms with Crippen LogP contribution in [0.25, 0.3) is 11.0 Å². The van der Waals surface area contributed by atoms with Crippen LogP contribution >= 0.6 is 0 Å². The summed E-state index contributed by atoms with van der Waals surface area (Å²) in [7, 11) is 0. The molecule has 19 heavy (non-hydrogen) atoms. The lowest BCUT2D eigenvalue weighted by Crippen LogP contribution is -2.17. The molecule has 1 aromatic carbocycles. The molecule has 0 radical (unpaired) electrons. The average molecular weight is 262 g/mol. The molecular weight excluding hydrogens is 248 g/mol. The molecule has 2 N–H and O–H groups in total. The summed E-state index contributed by atoms with van der Waals surface area (Å²) >= 11 is 0. The number of hydrogen-bond donors (Lipinski definition) is 2. The van der Waals surface area contributed by atoms with Crippen molar-refractivity contribution in [2.45, 2.75) is 31.2 Å². The van der Waals surface area contributed by atoms with Gasteiger partial charge in [0.1, 0.15) is 17.4 Å². The highest BCUT2D eigenvalue weighted by Crippen LogP contribution is 2.27. The topological polar surface area (TPSA) is 79.9 Å². The Morgan fingerprint density at radius 1 is 1.11 bits per heavy atom. The smallest absolute Gasteiger partial charge is 0.336 e. The van der Waals surface area contributed by atoms with E-state index in [-0.39, 0.29) is 6.10 Å². The SMILES string of the molecule is O=c1ccc2ccc(O[C@H]3C[C@@H](O)[C@@H](O)C3)cc2o1. The van der Waals surface area contributed by atoms with Crippen LogP contribution in [-0.4, -0.2) is 28.5 Å². The van der Waals surface area contributed by atoms with Crippen LogP contribution in [0.5, 0.6) is 5.75 Å². The van der Waals surface area contributed by atoms with Gasteiger partial charge in [-0.25, -0.2) is 4.79 Å². The maximum absolute atomic E-state index is 11.2. The van der Waals surface area contributed by atoms with Gasteiger partial charge < -0.3 is 19.4 Å². The molecule has 3 atom stereocenters. The molecule has 0 bridgehead atoms. The van der Waals surface area contributed by atoms with E-state index < -0.39 is 17.8 Å². The van der Waals surface area contributed by atoms with Crippen molar-refractivity contribution >= 4 is 11.0 Å². The van der Waals surface area contributed by atoms with Crippen molar-refractivity contribution in [1.29, 1.82) is 0 Å². The Labute approximate surface area is 109 Å². The zero-order valence-electron chi connectivity index (χ0n) is 10.2. The number of aliphatic hydroxyl groups is 2. The Kier molecular flexibility index (Phi) is 3.00. The molecule has 2 aromatic rings. The number of benzene rings is 1. The minimum Gasteiger partial charge on any atom is -0.490 e. The van der Waals surface area contributed by atoms with Crippen molar-refractivity contribution in [3.8, 4) is 5.75 Å². The number of ether oxygens (including phenoxy) is 1. The largest absolute Gasteiger partial charge is 0.490 e. The summed E-state index contributed by atoms with van der Waals surface area (Å²) in [5, 5.41) is 19.7. The molecule has 0 spiro atoms.